The molecule has 0 radical (unpaired) electrons. The maximum Gasteiger partial charge on any atom is 1.00 e. The van der Waals surface area contributed by atoms with E-state index in [0.29, 0.717) is 0 Å². The first-order chi connectivity index (χ1) is 5.01. The fourth-order valence-electron chi connectivity index (χ4n) is 0.392. The number of rotatable bonds is 4. The van der Waals surface area contributed by atoms with Crippen LogP contribution in [0.25, 0.3) is 0 Å². The van der Waals surface area contributed by atoms with Gasteiger partial charge in [0.25, 0.3) is 0 Å². The molecule has 0 saturated heterocycles. The summed E-state index contributed by atoms with van der Waals surface area (Å²) in [6.07, 6.45) is 0. The molecule has 0 aliphatic rings. The zero-order valence-electron chi connectivity index (χ0n) is 7.44. The topological polar surface area (TPSA) is 121 Å². The molecule has 0 aromatic rings. The third kappa shape index (κ3) is 4.26. The van der Waals surface area contributed by atoms with Crippen LogP contribution in [0.3, 0.4) is 0 Å². The van der Waals surface area contributed by atoms with Crippen molar-refractivity contribution in [3.63, 3.8) is 0 Å². The number of carbonyl (C=O) groups is 2. The second-order valence-electron chi connectivity index (χ2n) is 1.97. The van der Waals surface area contributed by atoms with Crippen LogP contribution in [0.1, 0.15) is 0 Å². The van der Waals surface area contributed by atoms with E-state index in [4.69, 9.17) is 10.2 Å². The van der Waals surface area contributed by atoms with E-state index in [-0.39, 0.29) is 59.1 Å². The Morgan fingerprint density at radius 1 is 1.00 bits per heavy atom. The summed E-state index contributed by atoms with van der Waals surface area (Å²) in [5.41, 5.74) is -2.69. The molecule has 0 atom stereocenters. The minimum atomic E-state index is -2.69. The quantitative estimate of drug-likeness (QED) is 0.349. The second kappa shape index (κ2) is 8.19. The van der Waals surface area contributed by atoms with Gasteiger partial charge in [-0.3, -0.25) is 0 Å². The van der Waals surface area contributed by atoms with Crippen LogP contribution < -0.4 is 69.3 Å². The summed E-state index contributed by atoms with van der Waals surface area (Å²) in [6.45, 7) is -2.51. The Bertz CT molecular complexity index is 162. The maximum absolute atomic E-state index is 10.1. The van der Waals surface area contributed by atoms with Crippen molar-refractivity contribution in [3.05, 3.63) is 0 Å². The standard InChI is InChI=1S/C5H8O6.2Na/c6-1-5(2-7,3(8)9)4(10)11;;/h6-7H,1-2H2,(H,8,9)(H,10,11);;/q;2*+1/p-2. The molecule has 8 heteroatoms. The van der Waals surface area contributed by atoms with Crippen molar-refractivity contribution in [2.45, 2.75) is 0 Å². The predicted molar refractivity (Wildman–Crippen MR) is 26.6 cm³/mol. The molecular formula is C5H6Na2O6. The Morgan fingerprint density at radius 2 is 1.23 bits per heavy atom. The summed E-state index contributed by atoms with van der Waals surface area (Å²) in [5, 5.41) is 36.8. The molecule has 6 nitrogen and oxygen atoms in total. The third-order valence-corrected chi connectivity index (χ3v) is 1.32. The summed E-state index contributed by atoms with van der Waals surface area (Å²) in [4.78, 5) is 20.1. The molecule has 0 rings (SSSR count). The van der Waals surface area contributed by atoms with Crippen LogP contribution in [0, 0.1) is 5.41 Å². The van der Waals surface area contributed by atoms with Crippen LogP contribution in [0.2, 0.25) is 0 Å². The molecular weight excluding hydrogens is 202 g/mol. The van der Waals surface area contributed by atoms with Gasteiger partial charge in [0.1, 0.15) is 0 Å². The number of hydrogen-bond donors (Lipinski definition) is 2. The normalized spacial score (nSPS) is 9.38. The van der Waals surface area contributed by atoms with Crippen molar-refractivity contribution in [1.29, 1.82) is 0 Å². The van der Waals surface area contributed by atoms with Gasteiger partial charge in [0.2, 0.25) is 0 Å². The van der Waals surface area contributed by atoms with Crippen molar-refractivity contribution in [1.82, 2.24) is 0 Å². The van der Waals surface area contributed by atoms with Crippen LogP contribution in [0.15, 0.2) is 0 Å². The predicted octanol–water partition coefficient (Wildman–Crippen LogP) is -10.5. The molecule has 2 N–H and O–H groups in total. The molecule has 0 unspecified atom stereocenters. The number of aliphatic hydroxyl groups excluding tert-OH is 2. The molecule has 0 heterocycles. The third-order valence-electron chi connectivity index (χ3n) is 1.32. The minimum absolute atomic E-state index is 0. The van der Waals surface area contributed by atoms with Crippen molar-refractivity contribution in [2.75, 3.05) is 13.2 Å². The molecule has 0 fully saturated rings. The van der Waals surface area contributed by atoms with E-state index in [0.717, 1.165) is 0 Å². The Labute approximate surface area is 119 Å². The average molecular weight is 208 g/mol. The van der Waals surface area contributed by atoms with E-state index in [2.05, 4.69) is 0 Å². The summed E-state index contributed by atoms with van der Waals surface area (Å²) in [6, 6.07) is 0. The van der Waals surface area contributed by atoms with Crippen LogP contribution in [-0.2, 0) is 9.59 Å². The van der Waals surface area contributed by atoms with E-state index >= 15 is 0 Å². The number of carboxylic acid groups (broad SMARTS) is 2. The Morgan fingerprint density at radius 3 is 1.23 bits per heavy atom. The summed E-state index contributed by atoms with van der Waals surface area (Å²) in [5.74, 6) is -4.13. The van der Waals surface area contributed by atoms with Gasteiger partial charge in [0.05, 0.1) is 30.6 Å². The van der Waals surface area contributed by atoms with E-state index < -0.39 is 30.6 Å². The summed E-state index contributed by atoms with van der Waals surface area (Å²) >= 11 is 0. The second-order valence-corrected chi connectivity index (χ2v) is 1.97. The van der Waals surface area contributed by atoms with Gasteiger partial charge in [0.15, 0.2) is 0 Å². The smallest absolute Gasteiger partial charge is 0.549 e. The van der Waals surface area contributed by atoms with E-state index in [1.807, 2.05) is 0 Å². The molecule has 13 heavy (non-hydrogen) atoms. The Hall–Kier alpha value is 0.860. The molecule has 0 aliphatic carbocycles. The monoisotopic (exact) mass is 208 g/mol. The molecule has 0 bridgehead atoms. The van der Waals surface area contributed by atoms with Crippen LogP contribution in [-0.4, -0.2) is 35.4 Å². The van der Waals surface area contributed by atoms with Crippen molar-refractivity contribution in [2.24, 2.45) is 5.41 Å². The zero-order valence-corrected chi connectivity index (χ0v) is 11.4. The number of carboxylic acids is 2. The van der Waals surface area contributed by atoms with Gasteiger partial charge < -0.3 is 30.0 Å². The fourth-order valence-corrected chi connectivity index (χ4v) is 0.392. The number of aliphatic carboxylic acids is 2. The van der Waals surface area contributed by atoms with Gasteiger partial charge >= 0.3 is 59.1 Å². The Balaban J connectivity index is -0.000000500. The molecule has 0 spiro atoms. The first-order valence-corrected chi connectivity index (χ1v) is 2.66. The molecule has 0 saturated carbocycles. The molecule has 0 amide bonds. The largest absolute Gasteiger partial charge is 1.00 e. The van der Waals surface area contributed by atoms with E-state index in [1.54, 1.807) is 0 Å². The van der Waals surface area contributed by atoms with Crippen molar-refractivity contribution in [3.8, 4) is 0 Å². The summed E-state index contributed by atoms with van der Waals surface area (Å²) < 4.78 is 0. The SMILES string of the molecule is O=C([O-])C(CO)(CO)C(=O)[O-].[Na+].[Na+]. The number of aliphatic hydroxyl groups is 2. The van der Waals surface area contributed by atoms with Crippen LogP contribution >= 0.6 is 0 Å². The van der Waals surface area contributed by atoms with Crippen LogP contribution in [0.5, 0.6) is 0 Å². The van der Waals surface area contributed by atoms with Crippen molar-refractivity contribution < 1.29 is 89.1 Å². The van der Waals surface area contributed by atoms with Crippen LogP contribution in [0.4, 0.5) is 0 Å². The van der Waals surface area contributed by atoms with Gasteiger partial charge in [0, 0.05) is 0 Å². The molecule has 0 aromatic heterocycles. The van der Waals surface area contributed by atoms with E-state index in [9.17, 15) is 19.8 Å². The fraction of sp³-hybridized carbons (Fsp3) is 0.600. The number of hydrogen-bond acceptors (Lipinski definition) is 6. The van der Waals surface area contributed by atoms with E-state index in [1.165, 1.54) is 0 Å². The maximum atomic E-state index is 10.1. The first-order valence-electron chi connectivity index (χ1n) is 2.66. The van der Waals surface area contributed by atoms with Gasteiger partial charge in [-0.1, -0.05) is 0 Å². The summed E-state index contributed by atoms with van der Waals surface area (Å²) in [7, 11) is 0. The molecule has 0 aliphatic heterocycles. The van der Waals surface area contributed by atoms with Gasteiger partial charge in [-0.15, -0.1) is 0 Å². The molecule has 64 valence electrons. The number of carbonyl (C=O) groups excluding carboxylic acids is 2. The van der Waals surface area contributed by atoms with Gasteiger partial charge in [-0.05, 0) is 0 Å². The molecule has 0 aromatic carbocycles. The van der Waals surface area contributed by atoms with Gasteiger partial charge in [-0.2, -0.15) is 0 Å². The zero-order chi connectivity index (χ0) is 9.07. The first kappa shape index (κ1) is 19.4. The van der Waals surface area contributed by atoms with Gasteiger partial charge in [-0.25, -0.2) is 0 Å². The Kier molecular flexibility index (Phi) is 12.2. The minimum Gasteiger partial charge on any atom is -0.549 e. The average Bonchev–Trinajstić information content (AvgIpc) is 1.90. The van der Waals surface area contributed by atoms with Crippen molar-refractivity contribution >= 4 is 11.9 Å².